The van der Waals surface area contributed by atoms with Crippen LogP contribution in [0.3, 0.4) is 0 Å². The highest BCUT2D eigenvalue weighted by Crippen LogP contribution is 2.14. The summed E-state index contributed by atoms with van der Waals surface area (Å²) >= 11 is 0. The quantitative estimate of drug-likeness (QED) is 0.741. The highest BCUT2D eigenvalue weighted by Gasteiger charge is 2.02. The summed E-state index contributed by atoms with van der Waals surface area (Å²) in [4.78, 5) is 0. The van der Waals surface area contributed by atoms with Gasteiger partial charge in [-0.25, -0.2) is 8.78 Å². The number of halogens is 2. The molecule has 0 unspecified atom stereocenters. The zero-order valence-electron chi connectivity index (χ0n) is 10.3. The number of nitrogens with one attached hydrogen (secondary N) is 1. The van der Waals surface area contributed by atoms with Crippen LogP contribution in [0.2, 0.25) is 0 Å². The van der Waals surface area contributed by atoms with E-state index in [1.165, 1.54) is 12.1 Å². The first-order valence-electron chi connectivity index (χ1n) is 5.86. The largest absolute Gasteiger partial charge is 0.380 e. The molecule has 0 heterocycles. The molecular weight excluding hydrogens is 224 g/mol. The fourth-order valence-electron chi connectivity index (χ4n) is 1.31. The number of anilines is 1. The first kappa shape index (κ1) is 13.9. The van der Waals surface area contributed by atoms with E-state index in [9.17, 15) is 8.78 Å². The monoisotopic (exact) mass is 243 g/mol. The van der Waals surface area contributed by atoms with Crippen LogP contribution in [0.1, 0.15) is 20.3 Å². The van der Waals surface area contributed by atoms with Crippen LogP contribution in [0.5, 0.6) is 0 Å². The van der Waals surface area contributed by atoms with Crippen LogP contribution in [0.25, 0.3) is 0 Å². The summed E-state index contributed by atoms with van der Waals surface area (Å²) in [6, 6.07) is 3.48. The average Bonchev–Trinajstić information content (AvgIpc) is 2.25. The van der Waals surface area contributed by atoms with E-state index in [0.717, 1.165) is 12.5 Å². The molecule has 0 fully saturated rings. The Morgan fingerprint density at radius 3 is 2.65 bits per heavy atom. The molecule has 0 radical (unpaired) electrons. The van der Waals surface area contributed by atoms with Crippen LogP contribution in [-0.4, -0.2) is 19.8 Å². The van der Waals surface area contributed by atoms with Crippen molar-refractivity contribution in [2.45, 2.75) is 20.3 Å². The maximum Gasteiger partial charge on any atom is 0.149 e. The number of ether oxygens (including phenoxy) is 1. The molecule has 2 nitrogen and oxygen atoms in total. The molecule has 0 saturated heterocycles. The van der Waals surface area contributed by atoms with Crippen LogP contribution >= 0.6 is 0 Å². The molecule has 0 aromatic heterocycles. The minimum absolute atomic E-state index is 0.304. The molecule has 0 aliphatic rings. The zero-order valence-corrected chi connectivity index (χ0v) is 10.3. The van der Waals surface area contributed by atoms with E-state index in [1.54, 1.807) is 0 Å². The van der Waals surface area contributed by atoms with Crippen LogP contribution in [0.15, 0.2) is 18.2 Å². The summed E-state index contributed by atoms with van der Waals surface area (Å²) in [7, 11) is 0. The molecule has 0 aliphatic heterocycles. The van der Waals surface area contributed by atoms with Gasteiger partial charge in [0.25, 0.3) is 0 Å². The predicted octanol–water partition coefficient (Wildman–Crippen LogP) is 3.44. The molecule has 4 heteroatoms. The minimum atomic E-state index is -0.577. The Morgan fingerprint density at radius 1 is 1.24 bits per heavy atom. The molecule has 1 aromatic carbocycles. The van der Waals surface area contributed by atoms with Crippen molar-refractivity contribution in [2.24, 2.45) is 5.92 Å². The lowest BCUT2D eigenvalue weighted by molar-refractivity contribution is 0.132. The van der Waals surface area contributed by atoms with Gasteiger partial charge < -0.3 is 10.1 Å². The van der Waals surface area contributed by atoms with E-state index in [0.29, 0.717) is 31.4 Å². The fourth-order valence-corrected chi connectivity index (χ4v) is 1.31. The summed E-state index contributed by atoms with van der Waals surface area (Å²) in [5, 5.41) is 2.86. The lowest BCUT2D eigenvalue weighted by Crippen LogP contribution is -2.11. The third-order valence-electron chi connectivity index (χ3n) is 2.33. The predicted molar refractivity (Wildman–Crippen MR) is 65.1 cm³/mol. The first-order valence-corrected chi connectivity index (χ1v) is 5.86. The van der Waals surface area contributed by atoms with E-state index in [1.807, 2.05) is 0 Å². The minimum Gasteiger partial charge on any atom is -0.380 e. The number of hydrogen-bond donors (Lipinski definition) is 1. The Balaban J connectivity index is 2.18. The lowest BCUT2D eigenvalue weighted by Gasteiger charge is -2.09. The Labute approximate surface area is 101 Å². The van der Waals surface area contributed by atoms with Crippen molar-refractivity contribution >= 4 is 5.69 Å². The molecule has 1 N–H and O–H groups in total. The van der Waals surface area contributed by atoms with Gasteiger partial charge in [-0.1, -0.05) is 13.8 Å². The highest BCUT2D eigenvalue weighted by atomic mass is 19.1. The zero-order chi connectivity index (χ0) is 12.7. The number of rotatable bonds is 7. The molecule has 17 heavy (non-hydrogen) atoms. The molecule has 0 amide bonds. The van der Waals surface area contributed by atoms with Gasteiger partial charge in [0.15, 0.2) is 0 Å². The summed E-state index contributed by atoms with van der Waals surface area (Å²) in [5.41, 5.74) is 0.304. The molecule has 0 saturated carbocycles. The second kappa shape index (κ2) is 7.22. The number of benzene rings is 1. The average molecular weight is 243 g/mol. The van der Waals surface area contributed by atoms with Gasteiger partial charge in [-0.15, -0.1) is 0 Å². The topological polar surface area (TPSA) is 21.3 Å². The van der Waals surface area contributed by atoms with Crippen molar-refractivity contribution in [3.05, 3.63) is 29.8 Å². The highest BCUT2D eigenvalue weighted by molar-refractivity contribution is 5.44. The molecule has 96 valence electrons. The standard InChI is InChI=1S/C13H19F2NO/c1-10(2)5-7-17-8-6-16-13-4-3-11(14)9-12(13)15/h3-4,9-10,16H,5-8H2,1-2H3. The molecule has 1 aromatic rings. The fraction of sp³-hybridized carbons (Fsp3) is 0.538. The third-order valence-corrected chi connectivity index (χ3v) is 2.33. The summed E-state index contributed by atoms with van der Waals surface area (Å²) in [5.74, 6) is -0.522. The van der Waals surface area contributed by atoms with Crippen LogP contribution in [0.4, 0.5) is 14.5 Å². The van der Waals surface area contributed by atoms with E-state index in [4.69, 9.17) is 4.74 Å². The van der Waals surface area contributed by atoms with Gasteiger partial charge in [0.05, 0.1) is 12.3 Å². The van der Waals surface area contributed by atoms with Crippen molar-refractivity contribution < 1.29 is 13.5 Å². The van der Waals surface area contributed by atoms with E-state index >= 15 is 0 Å². The van der Waals surface area contributed by atoms with Crippen molar-refractivity contribution in [2.75, 3.05) is 25.1 Å². The van der Waals surface area contributed by atoms with Crippen molar-refractivity contribution in [3.63, 3.8) is 0 Å². The van der Waals surface area contributed by atoms with Crippen molar-refractivity contribution in [1.82, 2.24) is 0 Å². The van der Waals surface area contributed by atoms with Gasteiger partial charge in [-0.2, -0.15) is 0 Å². The Morgan fingerprint density at radius 2 is 2.00 bits per heavy atom. The maximum atomic E-state index is 13.2. The molecule has 1 rings (SSSR count). The Bertz CT molecular complexity index is 342. The van der Waals surface area contributed by atoms with Crippen LogP contribution in [-0.2, 0) is 4.74 Å². The molecular formula is C13H19F2NO. The number of hydrogen-bond acceptors (Lipinski definition) is 2. The second-order valence-corrected chi connectivity index (χ2v) is 4.35. The summed E-state index contributed by atoms with van der Waals surface area (Å²) in [6.07, 6.45) is 1.02. The Kier molecular flexibility index (Phi) is 5.91. The molecule has 0 atom stereocenters. The lowest BCUT2D eigenvalue weighted by atomic mass is 10.1. The second-order valence-electron chi connectivity index (χ2n) is 4.35. The maximum absolute atomic E-state index is 13.2. The van der Waals surface area contributed by atoms with E-state index in [2.05, 4.69) is 19.2 Å². The van der Waals surface area contributed by atoms with Crippen LogP contribution in [0, 0.1) is 17.6 Å². The van der Waals surface area contributed by atoms with E-state index in [-0.39, 0.29) is 0 Å². The summed E-state index contributed by atoms with van der Waals surface area (Å²) in [6.45, 7) is 6.01. The van der Waals surface area contributed by atoms with Gasteiger partial charge in [0.1, 0.15) is 11.6 Å². The van der Waals surface area contributed by atoms with E-state index < -0.39 is 11.6 Å². The van der Waals surface area contributed by atoms with Crippen molar-refractivity contribution in [1.29, 1.82) is 0 Å². The van der Waals surface area contributed by atoms with Crippen LogP contribution < -0.4 is 5.32 Å². The third kappa shape index (κ3) is 5.63. The Hall–Kier alpha value is -1.16. The van der Waals surface area contributed by atoms with Crippen molar-refractivity contribution in [3.8, 4) is 0 Å². The normalized spacial score (nSPS) is 10.9. The van der Waals surface area contributed by atoms with Gasteiger partial charge in [0, 0.05) is 19.2 Å². The molecule has 0 spiro atoms. The summed E-state index contributed by atoms with van der Waals surface area (Å²) < 4.78 is 31.2. The van der Waals surface area contributed by atoms with Gasteiger partial charge in [-0.3, -0.25) is 0 Å². The SMILES string of the molecule is CC(C)CCOCCNc1ccc(F)cc1F. The molecule has 0 bridgehead atoms. The molecule has 0 aliphatic carbocycles. The van der Waals surface area contributed by atoms with Gasteiger partial charge in [0.2, 0.25) is 0 Å². The van der Waals surface area contributed by atoms with Gasteiger partial charge in [-0.05, 0) is 24.5 Å². The van der Waals surface area contributed by atoms with Gasteiger partial charge >= 0.3 is 0 Å². The smallest absolute Gasteiger partial charge is 0.149 e. The first-order chi connectivity index (χ1) is 8.09.